The Bertz CT molecular complexity index is 381. The van der Waals surface area contributed by atoms with Gasteiger partial charge in [-0.05, 0) is 33.8 Å². The van der Waals surface area contributed by atoms with Crippen LogP contribution in [-0.4, -0.2) is 23.7 Å². The first-order chi connectivity index (χ1) is 7.86. The molecule has 0 radical (unpaired) electrons. The molecule has 0 aromatic carbocycles. The SMILES string of the molecule is CC(C)(C)C(CCO)NC(=O)c1ccoc1Br. The summed E-state index contributed by atoms with van der Waals surface area (Å²) in [6, 6.07) is 1.53. The van der Waals surface area contributed by atoms with Crippen molar-refractivity contribution >= 4 is 21.8 Å². The van der Waals surface area contributed by atoms with Crippen LogP contribution >= 0.6 is 15.9 Å². The van der Waals surface area contributed by atoms with Crippen LogP contribution in [-0.2, 0) is 0 Å². The Morgan fingerprint density at radius 1 is 1.59 bits per heavy atom. The van der Waals surface area contributed by atoms with Gasteiger partial charge >= 0.3 is 0 Å². The zero-order chi connectivity index (χ0) is 13.1. The molecule has 1 atom stereocenters. The second kappa shape index (κ2) is 5.69. The normalized spacial score (nSPS) is 13.5. The van der Waals surface area contributed by atoms with Gasteiger partial charge in [0.25, 0.3) is 5.91 Å². The highest BCUT2D eigenvalue weighted by Crippen LogP contribution is 2.23. The molecule has 2 N–H and O–H groups in total. The van der Waals surface area contributed by atoms with Crippen LogP contribution in [0.1, 0.15) is 37.6 Å². The molecule has 0 fully saturated rings. The summed E-state index contributed by atoms with van der Waals surface area (Å²) in [6.07, 6.45) is 1.99. The quantitative estimate of drug-likeness (QED) is 0.898. The molecule has 0 aliphatic carbocycles. The molecule has 0 aliphatic heterocycles. The van der Waals surface area contributed by atoms with Gasteiger partial charge in [-0.15, -0.1) is 0 Å². The molecule has 1 rings (SSSR count). The second-order valence-corrected chi connectivity index (χ2v) is 5.73. The van der Waals surface area contributed by atoms with E-state index in [1.807, 2.05) is 20.8 Å². The molecule has 1 unspecified atom stereocenters. The van der Waals surface area contributed by atoms with Gasteiger partial charge < -0.3 is 14.8 Å². The number of furan rings is 1. The van der Waals surface area contributed by atoms with Crippen LogP contribution in [0.4, 0.5) is 0 Å². The minimum atomic E-state index is -0.195. The van der Waals surface area contributed by atoms with Crippen molar-refractivity contribution in [3.63, 3.8) is 0 Å². The molecule has 1 heterocycles. The fourth-order valence-electron chi connectivity index (χ4n) is 1.54. The Morgan fingerprint density at radius 2 is 2.24 bits per heavy atom. The predicted octanol–water partition coefficient (Wildman–Crippen LogP) is 2.57. The van der Waals surface area contributed by atoms with Crippen LogP contribution in [0.25, 0.3) is 0 Å². The van der Waals surface area contributed by atoms with Crippen molar-refractivity contribution < 1.29 is 14.3 Å². The van der Waals surface area contributed by atoms with Crippen molar-refractivity contribution in [2.45, 2.75) is 33.2 Å². The number of hydrogen-bond donors (Lipinski definition) is 2. The van der Waals surface area contributed by atoms with Gasteiger partial charge in [0.2, 0.25) is 0 Å². The van der Waals surface area contributed by atoms with Crippen molar-refractivity contribution in [1.82, 2.24) is 5.32 Å². The molecule has 0 saturated heterocycles. The Morgan fingerprint density at radius 3 is 2.65 bits per heavy atom. The summed E-state index contributed by atoms with van der Waals surface area (Å²) in [4.78, 5) is 12.0. The monoisotopic (exact) mass is 303 g/mol. The third kappa shape index (κ3) is 3.85. The molecular formula is C12H18BrNO3. The van der Waals surface area contributed by atoms with Gasteiger partial charge in [-0.1, -0.05) is 20.8 Å². The topological polar surface area (TPSA) is 62.5 Å². The van der Waals surface area contributed by atoms with Gasteiger partial charge in [-0.3, -0.25) is 4.79 Å². The summed E-state index contributed by atoms with van der Waals surface area (Å²) in [6.45, 7) is 6.13. The van der Waals surface area contributed by atoms with Crippen LogP contribution in [0.5, 0.6) is 0 Å². The third-order valence-electron chi connectivity index (χ3n) is 2.63. The lowest BCUT2D eigenvalue weighted by molar-refractivity contribution is 0.0883. The number of nitrogens with one attached hydrogen (secondary N) is 1. The first-order valence-corrected chi connectivity index (χ1v) is 6.30. The highest BCUT2D eigenvalue weighted by molar-refractivity contribution is 9.10. The fraction of sp³-hybridized carbons (Fsp3) is 0.583. The van der Waals surface area contributed by atoms with Crippen LogP contribution in [0.3, 0.4) is 0 Å². The van der Waals surface area contributed by atoms with Gasteiger partial charge in [-0.2, -0.15) is 0 Å². The standard InChI is InChI=1S/C12H18BrNO3/c1-12(2,3)9(4-6-15)14-11(16)8-5-7-17-10(8)13/h5,7,9,15H,4,6H2,1-3H3,(H,14,16). The van der Waals surface area contributed by atoms with Crippen LogP contribution < -0.4 is 5.32 Å². The molecule has 1 amide bonds. The Hall–Kier alpha value is -0.810. The zero-order valence-corrected chi connectivity index (χ0v) is 11.9. The lowest BCUT2D eigenvalue weighted by atomic mass is 9.85. The molecule has 4 nitrogen and oxygen atoms in total. The van der Waals surface area contributed by atoms with Crippen molar-refractivity contribution in [3.05, 3.63) is 22.6 Å². The Balaban J connectivity index is 2.75. The minimum absolute atomic E-state index is 0.0504. The largest absolute Gasteiger partial charge is 0.457 e. The lowest BCUT2D eigenvalue weighted by Crippen LogP contribution is -2.44. The third-order valence-corrected chi connectivity index (χ3v) is 3.25. The summed E-state index contributed by atoms with van der Waals surface area (Å²) in [5, 5.41) is 11.9. The minimum Gasteiger partial charge on any atom is -0.457 e. The first-order valence-electron chi connectivity index (χ1n) is 5.51. The number of rotatable bonds is 4. The summed E-state index contributed by atoms with van der Waals surface area (Å²) in [5.74, 6) is -0.195. The number of aliphatic hydroxyl groups is 1. The summed E-state index contributed by atoms with van der Waals surface area (Å²) in [7, 11) is 0. The maximum Gasteiger partial charge on any atom is 0.255 e. The lowest BCUT2D eigenvalue weighted by Gasteiger charge is -2.31. The molecule has 0 saturated carbocycles. The van der Waals surface area contributed by atoms with Crippen molar-refractivity contribution in [1.29, 1.82) is 0 Å². The molecular weight excluding hydrogens is 286 g/mol. The number of carbonyl (C=O) groups is 1. The van der Waals surface area contributed by atoms with E-state index < -0.39 is 0 Å². The summed E-state index contributed by atoms with van der Waals surface area (Å²) >= 11 is 3.17. The maximum absolute atomic E-state index is 12.0. The Labute approximate surface area is 110 Å². The van der Waals surface area contributed by atoms with E-state index >= 15 is 0 Å². The van der Waals surface area contributed by atoms with Crippen LogP contribution in [0, 0.1) is 5.41 Å². The summed E-state index contributed by atoms with van der Waals surface area (Å²) in [5.41, 5.74) is 0.367. The van der Waals surface area contributed by atoms with E-state index in [2.05, 4.69) is 21.2 Å². The maximum atomic E-state index is 12.0. The van der Waals surface area contributed by atoms with E-state index in [0.29, 0.717) is 16.7 Å². The Kier molecular flexibility index (Phi) is 4.77. The number of aliphatic hydroxyl groups excluding tert-OH is 1. The highest BCUT2D eigenvalue weighted by atomic mass is 79.9. The molecule has 1 aromatic heterocycles. The van der Waals surface area contributed by atoms with Gasteiger partial charge in [0.05, 0.1) is 11.8 Å². The van der Waals surface area contributed by atoms with E-state index in [1.165, 1.54) is 6.26 Å². The van der Waals surface area contributed by atoms with E-state index in [-0.39, 0.29) is 24.0 Å². The van der Waals surface area contributed by atoms with Gasteiger partial charge in [0.15, 0.2) is 4.67 Å². The van der Waals surface area contributed by atoms with Crippen LogP contribution in [0.2, 0.25) is 0 Å². The van der Waals surface area contributed by atoms with Crippen molar-refractivity contribution in [3.8, 4) is 0 Å². The van der Waals surface area contributed by atoms with Crippen LogP contribution in [0.15, 0.2) is 21.4 Å². The van der Waals surface area contributed by atoms with E-state index in [0.717, 1.165) is 0 Å². The van der Waals surface area contributed by atoms with Crippen molar-refractivity contribution in [2.24, 2.45) is 5.41 Å². The van der Waals surface area contributed by atoms with E-state index in [1.54, 1.807) is 6.07 Å². The number of halogens is 1. The predicted molar refractivity (Wildman–Crippen MR) is 68.8 cm³/mol. The average molecular weight is 304 g/mol. The molecule has 0 spiro atoms. The molecule has 17 heavy (non-hydrogen) atoms. The fourth-order valence-corrected chi connectivity index (χ4v) is 1.96. The zero-order valence-electron chi connectivity index (χ0n) is 10.3. The first kappa shape index (κ1) is 14.3. The highest BCUT2D eigenvalue weighted by Gasteiger charge is 2.27. The van der Waals surface area contributed by atoms with Gasteiger partial charge in [0, 0.05) is 12.6 Å². The molecule has 0 bridgehead atoms. The second-order valence-electron chi connectivity index (χ2n) is 5.01. The number of amides is 1. The van der Waals surface area contributed by atoms with Gasteiger partial charge in [-0.25, -0.2) is 0 Å². The molecule has 96 valence electrons. The average Bonchev–Trinajstić information content (AvgIpc) is 2.62. The van der Waals surface area contributed by atoms with E-state index in [9.17, 15) is 4.79 Å². The smallest absolute Gasteiger partial charge is 0.255 e. The van der Waals surface area contributed by atoms with Crippen molar-refractivity contribution in [2.75, 3.05) is 6.61 Å². The summed E-state index contributed by atoms with van der Waals surface area (Å²) < 4.78 is 5.44. The number of carbonyl (C=O) groups excluding carboxylic acids is 1. The van der Waals surface area contributed by atoms with Gasteiger partial charge in [0.1, 0.15) is 0 Å². The molecule has 1 aromatic rings. The molecule has 5 heteroatoms. The number of hydrogen-bond acceptors (Lipinski definition) is 3. The van der Waals surface area contributed by atoms with E-state index in [4.69, 9.17) is 9.52 Å². The molecule has 0 aliphatic rings.